The van der Waals surface area contributed by atoms with Crippen LogP contribution in [0.5, 0.6) is 0 Å². The third-order valence-corrected chi connectivity index (χ3v) is 2.93. The largest absolute Gasteiger partial charge is 0.357 e. The number of imidazole rings is 1. The average molecular weight is 282 g/mol. The molecule has 0 saturated heterocycles. The van der Waals surface area contributed by atoms with Gasteiger partial charge in [-0.15, -0.1) is 0 Å². The molecule has 0 fully saturated rings. The van der Waals surface area contributed by atoms with E-state index in [1.54, 1.807) is 0 Å². The molecule has 86 valence electrons. The van der Waals surface area contributed by atoms with Crippen molar-refractivity contribution in [3.63, 3.8) is 0 Å². The van der Waals surface area contributed by atoms with Crippen LogP contribution < -0.4 is 4.90 Å². The standard InChI is InChI=1S/C12H16BrN3/c1-2-8-15(9-6-13)12-5-3-4-11-14-7-10-16(11)12/h3-5,7,10H,2,6,8-9H2,1H3. The maximum absolute atomic E-state index is 4.31. The van der Waals surface area contributed by atoms with Crippen molar-refractivity contribution < 1.29 is 0 Å². The van der Waals surface area contributed by atoms with E-state index in [0.29, 0.717) is 0 Å². The number of halogens is 1. The molecule has 2 heterocycles. The van der Waals surface area contributed by atoms with Gasteiger partial charge < -0.3 is 4.90 Å². The van der Waals surface area contributed by atoms with Gasteiger partial charge in [-0.2, -0.15) is 0 Å². The van der Waals surface area contributed by atoms with Gasteiger partial charge in [0.15, 0.2) is 0 Å². The molecular weight excluding hydrogens is 266 g/mol. The van der Waals surface area contributed by atoms with Crippen LogP contribution in [0, 0.1) is 0 Å². The molecule has 0 bridgehead atoms. The van der Waals surface area contributed by atoms with Crippen molar-refractivity contribution in [3.8, 4) is 0 Å². The Morgan fingerprint density at radius 1 is 1.38 bits per heavy atom. The van der Waals surface area contributed by atoms with Crippen LogP contribution in [0.15, 0.2) is 30.6 Å². The molecule has 2 aromatic rings. The first kappa shape index (κ1) is 11.5. The highest BCUT2D eigenvalue weighted by molar-refractivity contribution is 9.09. The van der Waals surface area contributed by atoms with E-state index in [1.165, 1.54) is 5.82 Å². The summed E-state index contributed by atoms with van der Waals surface area (Å²) in [6.07, 6.45) is 5.01. The molecule has 0 N–H and O–H groups in total. The summed E-state index contributed by atoms with van der Waals surface area (Å²) in [6.45, 7) is 4.29. The van der Waals surface area contributed by atoms with Crippen molar-refractivity contribution in [2.75, 3.05) is 23.3 Å². The zero-order valence-electron chi connectivity index (χ0n) is 9.43. The summed E-state index contributed by atoms with van der Waals surface area (Å²) in [5.41, 5.74) is 1.01. The zero-order valence-corrected chi connectivity index (χ0v) is 11.0. The fourth-order valence-electron chi connectivity index (χ4n) is 1.90. The lowest BCUT2D eigenvalue weighted by molar-refractivity contribution is 0.777. The molecule has 0 saturated carbocycles. The summed E-state index contributed by atoms with van der Waals surface area (Å²) >= 11 is 3.51. The molecule has 0 aliphatic carbocycles. The predicted molar refractivity (Wildman–Crippen MR) is 71.5 cm³/mol. The molecule has 0 amide bonds. The molecular formula is C12H16BrN3. The summed E-state index contributed by atoms with van der Waals surface area (Å²) in [5, 5.41) is 0.984. The molecule has 0 aliphatic rings. The first-order valence-electron chi connectivity index (χ1n) is 5.59. The Morgan fingerprint density at radius 2 is 2.25 bits per heavy atom. The Labute approximate surface area is 104 Å². The molecule has 16 heavy (non-hydrogen) atoms. The minimum absolute atomic E-state index is 0.984. The average Bonchev–Trinajstić information content (AvgIpc) is 2.76. The summed E-state index contributed by atoms with van der Waals surface area (Å²) in [6, 6.07) is 6.24. The van der Waals surface area contributed by atoms with Gasteiger partial charge in [0.25, 0.3) is 0 Å². The van der Waals surface area contributed by atoms with Gasteiger partial charge in [0, 0.05) is 30.8 Å². The van der Waals surface area contributed by atoms with Gasteiger partial charge in [-0.1, -0.05) is 28.9 Å². The number of hydrogen-bond acceptors (Lipinski definition) is 2. The first-order valence-corrected chi connectivity index (χ1v) is 6.72. The van der Waals surface area contributed by atoms with Crippen LogP contribution in [0.4, 0.5) is 5.82 Å². The van der Waals surface area contributed by atoms with Crippen LogP contribution in [0.1, 0.15) is 13.3 Å². The fourth-order valence-corrected chi connectivity index (χ4v) is 2.33. The number of anilines is 1. The normalized spacial score (nSPS) is 10.9. The SMILES string of the molecule is CCCN(CCBr)c1cccc2nccn12. The van der Waals surface area contributed by atoms with E-state index in [-0.39, 0.29) is 0 Å². The molecule has 0 aliphatic heterocycles. The highest BCUT2D eigenvalue weighted by Crippen LogP contribution is 2.16. The lowest BCUT2D eigenvalue weighted by Crippen LogP contribution is -2.27. The van der Waals surface area contributed by atoms with Crippen LogP contribution in [0.25, 0.3) is 5.65 Å². The van der Waals surface area contributed by atoms with Gasteiger partial charge in [0.05, 0.1) is 0 Å². The maximum atomic E-state index is 4.31. The first-order chi connectivity index (χ1) is 7.86. The van der Waals surface area contributed by atoms with Crippen LogP contribution in [-0.4, -0.2) is 27.8 Å². The second-order valence-electron chi connectivity index (χ2n) is 3.72. The molecule has 4 heteroatoms. The number of aromatic nitrogens is 2. The van der Waals surface area contributed by atoms with Gasteiger partial charge in [-0.25, -0.2) is 4.98 Å². The Hall–Kier alpha value is -1.03. The zero-order chi connectivity index (χ0) is 11.4. The fraction of sp³-hybridized carbons (Fsp3) is 0.417. The van der Waals surface area contributed by atoms with Gasteiger partial charge in [-0.05, 0) is 18.6 Å². The van der Waals surface area contributed by atoms with E-state index in [2.05, 4.69) is 49.3 Å². The predicted octanol–water partition coefficient (Wildman–Crippen LogP) is 2.95. The maximum Gasteiger partial charge on any atom is 0.138 e. The van der Waals surface area contributed by atoms with E-state index in [0.717, 1.165) is 30.5 Å². The molecule has 3 nitrogen and oxygen atoms in total. The van der Waals surface area contributed by atoms with Crippen molar-refractivity contribution >= 4 is 27.4 Å². The Bertz CT molecular complexity index is 446. The van der Waals surface area contributed by atoms with E-state index in [4.69, 9.17) is 0 Å². The lowest BCUT2D eigenvalue weighted by atomic mass is 10.3. The number of alkyl halides is 1. The second kappa shape index (κ2) is 5.34. The van der Waals surface area contributed by atoms with E-state index in [9.17, 15) is 0 Å². The third-order valence-electron chi connectivity index (χ3n) is 2.58. The van der Waals surface area contributed by atoms with Crippen molar-refractivity contribution in [2.45, 2.75) is 13.3 Å². The molecule has 2 aromatic heterocycles. The summed E-state index contributed by atoms with van der Waals surface area (Å²) in [7, 11) is 0. The van der Waals surface area contributed by atoms with Gasteiger partial charge in [-0.3, -0.25) is 4.40 Å². The Balaban J connectivity index is 2.38. The number of hydrogen-bond donors (Lipinski definition) is 0. The van der Waals surface area contributed by atoms with Crippen LogP contribution in [-0.2, 0) is 0 Å². The minimum Gasteiger partial charge on any atom is -0.357 e. The van der Waals surface area contributed by atoms with Gasteiger partial charge in [0.2, 0.25) is 0 Å². The quantitative estimate of drug-likeness (QED) is 0.786. The Kier molecular flexibility index (Phi) is 3.83. The molecule has 0 spiro atoms. The van der Waals surface area contributed by atoms with Crippen molar-refractivity contribution in [1.29, 1.82) is 0 Å². The monoisotopic (exact) mass is 281 g/mol. The highest BCUT2D eigenvalue weighted by Gasteiger charge is 2.08. The number of nitrogens with zero attached hydrogens (tertiary/aromatic N) is 3. The number of fused-ring (bicyclic) bond motifs is 1. The molecule has 0 aromatic carbocycles. The van der Waals surface area contributed by atoms with E-state index >= 15 is 0 Å². The summed E-state index contributed by atoms with van der Waals surface area (Å²) < 4.78 is 2.14. The van der Waals surface area contributed by atoms with Crippen molar-refractivity contribution in [3.05, 3.63) is 30.6 Å². The van der Waals surface area contributed by atoms with Crippen molar-refractivity contribution in [1.82, 2.24) is 9.38 Å². The van der Waals surface area contributed by atoms with Crippen LogP contribution in [0.3, 0.4) is 0 Å². The highest BCUT2D eigenvalue weighted by atomic mass is 79.9. The Morgan fingerprint density at radius 3 is 3.00 bits per heavy atom. The van der Waals surface area contributed by atoms with Gasteiger partial charge >= 0.3 is 0 Å². The molecule has 2 rings (SSSR count). The smallest absolute Gasteiger partial charge is 0.138 e. The van der Waals surface area contributed by atoms with Gasteiger partial charge in [0.1, 0.15) is 11.5 Å². The molecule has 0 atom stereocenters. The molecule has 0 radical (unpaired) electrons. The van der Waals surface area contributed by atoms with Crippen LogP contribution in [0.2, 0.25) is 0 Å². The van der Waals surface area contributed by atoms with Crippen molar-refractivity contribution in [2.24, 2.45) is 0 Å². The van der Waals surface area contributed by atoms with Crippen LogP contribution >= 0.6 is 15.9 Å². The number of rotatable bonds is 5. The summed E-state index contributed by atoms with van der Waals surface area (Å²) in [4.78, 5) is 6.68. The summed E-state index contributed by atoms with van der Waals surface area (Å²) in [5.74, 6) is 1.22. The topological polar surface area (TPSA) is 20.5 Å². The third kappa shape index (κ3) is 2.21. The lowest BCUT2D eigenvalue weighted by Gasteiger charge is -2.24. The second-order valence-corrected chi connectivity index (χ2v) is 4.51. The number of pyridine rings is 1. The van der Waals surface area contributed by atoms with E-state index < -0.39 is 0 Å². The minimum atomic E-state index is 0.984. The van der Waals surface area contributed by atoms with E-state index in [1.807, 2.05) is 18.5 Å². The molecule has 0 unspecified atom stereocenters.